The molecule has 0 atom stereocenters. The highest BCUT2D eigenvalue weighted by molar-refractivity contribution is 7.58. The Morgan fingerprint density at radius 1 is 1.25 bits per heavy atom. The second kappa shape index (κ2) is 4.78. The van der Waals surface area contributed by atoms with Crippen LogP contribution in [0, 0.1) is 5.41 Å². The van der Waals surface area contributed by atoms with Crippen LogP contribution < -0.4 is 0 Å². The van der Waals surface area contributed by atoms with E-state index in [9.17, 15) is 0 Å². The van der Waals surface area contributed by atoms with Crippen molar-refractivity contribution in [1.29, 1.82) is 0 Å². The van der Waals surface area contributed by atoms with Crippen molar-refractivity contribution in [3.05, 3.63) is 5.82 Å². The topological polar surface area (TPSA) is 41.6 Å². The third-order valence-corrected chi connectivity index (χ3v) is 3.93. The van der Waals surface area contributed by atoms with E-state index >= 15 is 0 Å². The zero-order valence-electron chi connectivity index (χ0n) is 10.2. The van der Waals surface area contributed by atoms with Crippen molar-refractivity contribution in [2.75, 3.05) is 0 Å². The smallest absolute Gasteiger partial charge is 0.258 e. The number of aromatic nitrogens is 3. The van der Waals surface area contributed by atoms with Crippen molar-refractivity contribution in [3.63, 3.8) is 0 Å². The van der Waals surface area contributed by atoms with Gasteiger partial charge in [-0.1, -0.05) is 26.7 Å². The average molecular weight is 240 g/mol. The molecular weight excluding hydrogens is 218 g/mol. The molecule has 1 N–H and O–H groups in total. The molecule has 90 valence electrons. The van der Waals surface area contributed by atoms with Crippen LogP contribution in [0.1, 0.15) is 64.1 Å². The summed E-state index contributed by atoms with van der Waals surface area (Å²) in [6, 6.07) is 0. The molecule has 1 aromatic rings. The molecular formula is C12H22N3S+. The zero-order valence-corrected chi connectivity index (χ0v) is 11.2. The van der Waals surface area contributed by atoms with Gasteiger partial charge in [-0.2, -0.15) is 4.98 Å². The molecule has 0 radical (unpaired) electrons. The van der Waals surface area contributed by atoms with Gasteiger partial charge in [0.25, 0.3) is 0 Å². The van der Waals surface area contributed by atoms with Crippen molar-refractivity contribution in [2.45, 2.75) is 63.4 Å². The molecule has 0 bridgehead atoms. The summed E-state index contributed by atoms with van der Waals surface area (Å²) in [5.74, 6) is 1.64. The fraction of sp³-hybridized carbons (Fsp3) is 0.833. The predicted molar refractivity (Wildman–Crippen MR) is 69.0 cm³/mol. The van der Waals surface area contributed by atoms with Gasteiger partial charge in [-0.3, -0.25) is 5.10 Å². The zero-order chi connectivity index (χ0) is 11.6. The molecule has 0 unspecified atom stereocenters. The molecule has 1 aromatic heterocycles. The maximum absolute atomic E-state index is 4.39. The number of hydrogen-bond donors (Lipinski definition) is 1. The quantitative estimate of drug-likeness (QED) is 0.767. The minimum absolute atomic E-state index is 0.534. The monoisotopic (exact) mass is 240 g/mol. The van der Waals surface area contributed by atoms with E-state index in [1.165, 1.54) is 38.5 Å². The Labute approximate surface area is 103 Å². The second-order valence-electron chi connectivity index (χ2n) is 5.69. The van der Waals surface area contributed by atoms with Crippen LogP contribution in [0.5, 0.6) is 0 Å². The van der Waals surface area contributed by atoms with Gasteiger partial charge in [0.15, 0.2) is 0 Å². The minimum Gasteiger partial charge on any atom is -0.258 e. The highest BCUT2D eigenvalue weighted by Gasteiger charge is 2.24. The first-order valence-electron chi connectivity index (χ1n) is 6.21. The Morgan fingerprint density at radius 2 is 1.88 bits per heavy atom. The second-order valence-corrected chi connectivity index (χ2v) is 6.14. The molecule has 1 fully saturated rings. The first-order chi connectivity index (χ1) is 7.57. The first kappa shape index (κ1) is 12.0. The molecule has 0 spiro atoms. The van der Waals surface area contributed by atoms with Gasteiger partial charge in [0.1, 0.15) is 5.82 Å². The summed E-state index contributed by atoms with van der Waals surface area (Å²) >= 11 is 3.35. The molecule has 0 aliphatic heterocycles. The van der Waals surface area contributed by atoms with Crippen LogP contribution in [0.25, 0.3) is 0 Å². The minimum atomic E-state index is 0.534. The van der Waals surface area contributed by atoms with E-state index in [0.29, 0.717) is 16.5 Å². The summed E-state index contributed by atoms with van der Waals surface area (Å²) in [5.41, 5.74) is 0.534. The van der Waals surface area contributed by atoms with Gasteiger partial charge in [-0.25, -0.2) is 0 Å². The lowest BCUT2D eigenvalue weighted by atomic mass is 9.77. The molecule has 16 heavy (non-hydrogen) atoms. The summed E-state index contributed by atoms with van der Waals surface area (Å²) in [7, 11) is 0. The standard InChI is InChI=1S/C12H21N3S/c1-12(2)7-3-5-9(6-4-8-12)10-13-11(16)15-14-10/h9H,3-8H2,1-2H3,(H2,13,14,15,16)/p+1. The van der Waals surface area contributed by atoms with Gasteiger partial charge in [0.2, 0.25) is 0 Å². The molecule has 4 heteroatoms. The maximum atomic E-state index is 4.39. The normalized spacial score (nSPS) is 22.7. The number of nitrogens with zero attached hydrogens (tertiary/aromatic N) is 2. The summed E-state index contributed by atoms with van der Waals surface area (Å²) in [6.07, 6.45) is 7.75. The van der Waals surface area contributed by atoms with Gasteiger partial charge in [0, 0.05) is 18.5 Å². The van der Waals surface area contributed by atoms with Crippen molar-refractivity contribution in [1.82, 2.24) is 15.2 Å². The van der Waals surface area contributed by atoms with E-state index in [2.05, 4.69) is 41.7 Å². The van der Waals surface area contributed by atoms with Crippen LogP contribution in [0.4, 0.5) is 0 Å². The number of aromatic amines is 1. The van der Waals surface area contributed by atoms with E-state index in [1.807, 2.05) is 0 Å². The number of H-pyrrole nitrogens is 1. The van der Waals surface area contributed by atoms with Gasteiger partial charge in [-0.15, -0.1) is 5.10 Å². The molecule has 0 saturated heterocycles. The van der Waals surface area contributed by atoms with Crippen LogP contribution >= 0.6 is 0 Å². The molecule has 1 saturated carbocycles. The Morgan fingerprint density at radius 3 is 2.38 bits per heavy atom. The van der Waals surface area contributed by atoms with Gasteiger partial charge in [-0.05, 0) is 31.1 Å². The number of rotatable bonds is 1. The fourth-order valence-corrected chi connectivity index (χ4v) is 2.83. The van der Waals surface area contributed by atoms with Crippen LogP contribution in [0.3, 0.4) is 0 Å². The van der Waals surface area contributed by atoms with Gasteiger partial charge < -0.3 is 0 Å². The number of hydrogen-bond acceptors (Lipinski definition) is 2. The van der Waals surface area contributed by atoms with E-state index in [-0.39, 0.29) is 0 Å². The van der Waals surface area contributed by atoms with E-state index in [4.69, 9.17) is 0 Å². The maximum Gasteiger partial charge on any atom is 0.358 e. The van der Waals surface area contributed by atoms with Crippen molar-refractivity contribution in [2.24, 2.45) is 5.41 Å². The van der Waals surface area contributed by atoms with Gasteiger partial charge >= 0.3 is 5.16 Å². The molecule has 0 aromatic carbocycles. The molecule has 1 aliphatic carbocycles. The van der Waals surface area contributed by atoms with Crippen molar-refractivity contribution >= 4 is 12.6 Å². The van der Waals surface area contributed by atoms with Crippen molar-refractivity contribution in [3.8, 4) is 0 Å². The lowest BCUT2D eigenvalue weighted by Crippen LogP contribution is -2.16. The Kier molecular flexibility index (Phi) is 3.57. The van der Waals surface area contributed by atoms with E-state index in [1.54, 1.807) is 0 Å². The lowest BCUT2D eigenvalue weighted by molar-refractivity contribution is 0.254. The van der Waals surface area contributed by atoms with Gasteiger partial charge in [0.05, 0.1) is 0 Å². The molecule has 1 heterocycles. The summed E-state index contributed by atoms with van der Waals surface area (Å²) in [4.78, 5) is 4.39. The summed E-state index contributed by atoms with van der Waals surface area (Å²) in [6.45, 7) is 4.77. The molecule has 0 amide bonds. The third kappa shape index (κ3) is 3.00. The molecule has 3 nitrogen and oxygen atoms in total. The van der Waals surface area contributed by atoms with Crippen LogP contribution in [0.2, 0.25) is 0 Å². The SMILES string of the molecule is CC1(C)CCCC(c2nc([SH2+])n[nH]2)CCC1. The summed E-state index contributed by atoms with van der Waals surface area (Å²) in [5, 5.41) is 7.76. The van der Waals surface area contributed by atoms with E-state index < -0.39 is 0 Å². The third-order valence-electron chi connectivity index (χ3n) is 3.70. The largest absolute Gasteiger partial charge is 0.358 e. The first-order valence-corrected chi connectivity index (χ1v) is 6.71. The fourth-order valence-electron chi connectivity index (χ4n) is 2.65. The highest BCUT2D eigenvalue weighted by atomic mass is 32.1. The van der Waals surface area contributed by atoms with Crippen LogP contribution in [0.15, 0.2) is 5.16 Å². The molecule has 2 rings (SSSR count). The summed E-state index contributed by atoms with van der Waals surface area (Å²) < 4.78 is 0. The molecule has 1 aliphatic rings. The predicted octanol–water partition coefficient (Wildman–Crippen LogP) is 2.64. The van der Waals surface area contributed by atoms with Crippen LogP contribution in [-0.2, 0) is 12.6 Å². The Balaban J connectivity index is 1.98. The highest BCUT2D eigenvalue weighted by Crippen LogP contribution is 2.37. The lowest BCUT2D eigenvalue weighted by Gasteiger charge is -2.29. The van der Waals surface area contributed by atoms with Crippen LogP contribution in [-0.4, -0.2) is 15.2 Å². The Bertz CT molecular complexity index is 334. The average Bonchev–Trinajstić information content (AvgIpc) is 2.59. The van der Waals surface area contributed by atoms with Crippen molar-refractivity contribution < 1.29 is 0 Å². The Hall–Kier alpha value is -0.510. The number of nitrogens with one attached hydrogen (secondary N) is 1. The van der Waals surface area contributed by atoms with E-state index in [0.717, 1.165) is 5.82 Å².